The molecule has 0 fully saturated rings. The predicted molar refractivity (Wildman–Crippen MR) is 79.1 cm³/mol. The van der Waals surface area contributed by atoms with Gasteiger partial charge in [-0.15, -0.1) is 0 Å². The molecule has 3 rings (SSSR count). The molecule has 0 bridgehead atoms. The van der Waals surface area contributed by atoms with Gasteiger partial charge in [0.05, 0.1) is 6.61 Å². The molecule has 2 aromatic rings. The van der Waals surface area contributed by atoms with Crippen molar-refractivity contribution in [2.45, 2.75) is 19.1 Å². The lowest BCUT2D eigenvalue weighted by Crippen LogP contribution is -2.19. The van der Waals surface area contributed by atoms with Crippen LogP contribution in [-0.2, 0) is 17.7 Å². The first-order valence-corrected chi connectivity index (χ1v) is 7.12. The third-order valence-corrected chi connectivity index (χ3v) is 3.47. The number of rotatable bonds is 6. The van der Waals surface area contributed by atoms with Gasteiger partial charge < -0.3 is 14.8 Å². The van der Waals surface area contributed by atoms with Gasteiger partial charge in [0.2, 0.25) is 0 Å². The van der Waals surface area contributed by atoms with Crippen LogP contribution in [0.4, 0.5) is 0 Å². The van der Waals surface area contributed by atoms with Crippen molar-refractivity contribution in [2.24, 2.45) is 0 Å². The highest BCUT2D eigenvalue weighted by Gasteiger charge is 2.25. The molecule has 1 aliphatic heterocycles. The van der Waals surface area contributed by atoms with Gasteiger partial charge in [0.1, 0.15) is 5.75 Å². The Morgan fingerprint density at radius 2 is 2.10 bits per heavy atom. The Kier molecular flexibility index (Phi) is 4.43. The summed E-state index contributed by atoms with van der Waals surface area (Å²) < 4.78 is 10.9. The Balaban J connectivity index is 1.58. The lowest BCUT2D eigenvalue weighted by Gasteiger charge is -2.10. The second kappa shape index (κ2) is 6.65. The third kappa shape index (κ3) is 3.37. The lowest BCUT2D eigenvalue weighted by molar-refractivity contribution is 0.199. The van der Waals surface area contributed by atoms with Crippen molar-refractivity contribution < 1.29 is 9.47 Å². The molecule has 1 atom stereocenters. The highest BCUT2D eigenvalue weighted by atomic mass is 16.5. The molecule has 1 aromatic carbocycles. The maximum absolute atomic E-state index is 5.89. The summed E-state index contributed by atoms with van der Waals surface area (Å²) >= 11 is 0. The molecular formula is C16H19N3O2. The minimum atomic E-state index is -0.0714. The first kappa shape index (κ1) is 14.0. The summed E-state index contributed by atoms with van der Waals surface area (Å²) in [6, 6.07) is 8.09. The topological polar surface area (TPSA) is 56.3 Å². The monoisotopic (exact) mass is 285 g/mol. The van der Waals surface area contributed by atoms with Crippen molar-refractivity contribution in [3.63, 3.8) is 0 Å². The van der Waals surface area contributed by atoms with Crippen LogP contribution >= 0.6 is 0 Å². The second-order valence-electron chi connectivity index (χ2n) is 5.04. The quantitative estimate of drug-likeness (QED) is 0.821. The van der Waals surface area contributed by atoms with Gasteiger partial charge in [-0.1, -0.05) is 18.2 Å². The van der Waals surface area contributed by atoms with E-state index >= 15 is 0 Å². The number of ether oxygens (including phenoxy) is 2. The number of methoxy groups -OCH3 is 1. The average molecular weight is 285 g/mol. The predicted octanol–water partition coefficient (Wildman–Crippen LogP) is 1.89. The Hall–Kier alpha value is -1.98. The maximum atomic E-state index is 5.89. The summed E-state index contributed by atoms with van der Waals surface area (Å²) in [7, 11) is 1.69. The highest BCUT2D eigenvalue weighted by Crippen LogP contribution is 2.34. The van der Waals surface area contributed by atoms with Crippen molar-refractivity contribution in [2.75, 3.05) is 20.3 Å². The molecule has 110 valence electrons. The standard InChI is InChI=1S/C16H19N3O2/c1-20-7-6-17-9-12-10-18-16(19-11-12)15-8-13-4-2-3-5-14(13)21-15/h2-5,10-11,15,17H,6-9H2,1H3. The summed E-state index contributed by atoms with van der Waals surface area (Å²) in [5.41, 5.74) is 2.28. The summed E-state index contributed by atoms with van der Waals surface area (Å²) in [6.45, 7) is 2.27. The van der Waals surface area contributed by atoms with E-state index in [1.54, 1.807) is 7.11 Å². The van der Waals surface area contributed by atoms with Gasteiger partial charge >= 0.3 is 0 Å². The molecule has 5 heteroatoms. The average Bonchev–Trinajstić information content (AvgIpc) is 2.96. The van der Waals surface area contributed by atoms with E-state index in [0.29, 0.717) is 6.61 Å². The lowest BCUT2D eigenvalue weighted by atomic mass is 10.1. The Morgan fingerprint density at radius 1 is 1.29 bits per heavy atom. The number of hydrogen-bond acceptors (Lipinski definition) is 5. The van der Waals surface area contributed by atoms with Crippen LogP contribution in [0.1, 0.15) is 23.1 Å². The van der Waals surface area contributed by atoms with E-state index in [4.69, 9.17) is 9.47 Å². The molecule has 0 radical (unpaired) electrons. The van der Waals surface area contributed by atoms with Crippen LogP contribution in [0.25, 0.3) is 0 Å². The van der Waals surface area contributed by atoms with Crippen molar-refractivity contribution in [3.8, 4) is 5.75 Å². The minimum absolute atomic E-state index is 0.0714. The van der Waals surface area contributed by atoms with Gasteiger partial charge in [-0.2, -0.15) is 0 Å². The van der Waals surface area contributed by atoms with Crippen LogP contribution in [-0.4, -0.2) is 30.2 Å². The Bertz CT molecular complexity index is 561. The van der Waals surface area contributed by atoms with Gasteiger partial charge in [0.15, 0.2) is 11.9 Å². The number of nitrogens with one attached hydrogen (secondary N) is 1. The van der Waals surface area contributed by atoms with E-state index < -0.39 is 0 Å². The third-order valence-electron chi connectivity index (χ3n) is 3.47. The summed E-state index contributed by atoms with van der Waals surface area (Å²) in [6.07, 6.45) is 4.47. The number of para-hydroxylation sites is 1. The molecule has 1 aromatic heterocycles. The van der Waals surface area contributed by atoms with Crippen molar-refractivity contribution in [3.05, 3.63) is 53.6 Å². The van der Waals surface area contributed by atoms with Gasteiger partial charge in [-0.3, -0.25) is 0 Å². The van der Waals surface area contributed by atoms with Crippen LogP contribution in [0.2, 0.25) is 0 Å². The van der Waals surface area contributed by atoms with Gasteiger partial charge in [0, 0.05) is 44.6 Å². The number of benzene rings is 1. The fourth-order valence-electron chi connectivity index (χ4n) is 2.36. The zero-order chi connectivity index (χ0) is 14.5. The Morgan fingerprint density at radius 3 is 2.86 bits per heavy atom. The highest BCUT2D eigenvalue weighted by molar-refractivity contribution is 5.38. The number of aromatic nitrogens is 2. The molecule has 1 N–H and O–H groups in total. The second-order valence-corrected chi connectivity index (χ2v) is 5.04. The summed E-state index contributed by atoms with van der Waals surface area (Å²) in [4.78, 5) is 8.87. The van der Waals surface area contributed by atoms with Crippen LogP contribution in [0.5, 0.6) is 5.75 Å². The van der Waals surface area contributed by atoms with Gasteiger partial charge in [0.25, 0.3) is 0 Å². The smallest absolute Gasteiger partial charge is 0.169 e. The fourth-order valence-corrected chi connectivity index (χ4v) is 2.36. The number of nitrogens with zero attached hydrogens (tertiary/aromatic N) is 2. The first-order valence-electron chi connectivity index (χ1n) is 7.12. The van der Waals surface area contributed by atoms with Crippen molar-refractivity contribution in [1.82, 2.24) is 15.3 Å². The molecule has 1 unspecified atom stereocenters. The number of hydrogen-bond donors (Lipinski definition) is 1. The molecule has 0 amide bonds. The Labute approximate surface area is 124 Å². The SMILES string of the molecule is COCCNCc1cnc(C2Cc3ccccc3O2)nc1. The first-order chi connectivity index (χ1) is 10.4. The summed E-state index contributed by atoms with van der Waals surface area (Å²) in [5, 5.41) is 3.27. The van der Waals surface area contributed by atoms with Crippen LogP contribution in [0, 0.1) is 0 Å². The van der Waals surface area contributed by atoms with Crippen LogP contribution < -0.4 is 10.1 Å². The van der Waals surface area contributed by atoms with E-state index in [9.17, 15) is 0 Å². The molecular weight excluding hydrogens is 266 g/mol. The molecule has 0 spiro atoms. The molecule has 21 heavy (non-hydrogen) atoms. The zero-order valence-corrected chi connectivity index (χ0v) is 12.1. The number of fused-ring (bicyclic) bond motifs is 1. The van der Waals surface area contributed by atoms with E-state index in [-0.39, 0.29) is 6.10 Å². The minimum Gasteiger partial charge on any atom is -0.482 e. The van der Waals surface area contributed by atoms with E-state index in [0.717, 1.165) is 36.6 Å². The van der Waals surface area contributed by atoms with E-state index in [1.165, 1.54) is 5.56 Å². The van der Waals surface area contributed by atoms with Crippen LogP contribution in [0.15, 0.2) is 36.7 Å². The van der Waals surface area contributed by atoms with Crippen LogP contribution in [0.3, 0.4) is 0 Å². The molecule has 5 nitrogen and oxygen atoms in total. The van der Waals surface area contributed by atoms with E-state index in [2.05, 4.69) is 21.4 Å². The largest absolute Gasteiger partial charge is 0.482 e. The zero-order valence-electron chi connectivity index (χ0n) is 12.1. The van der Waals surface area contributed by atoms with Crippen molar-refractivity contribution in [1.29, 1.82) is 0 Å². The molecule has 2 heterocycles. The molecule has 1 aliphatic rings. The van der Waals surface area contributed by atoms with Crippen molar-refractivity contribution >= 4 is 0 Å². The van der Waals surface area contributed by atoms with Gasteiger partial charge in [-0.25, -0.2) is 9.97 Å². The van der Waals surface area contributed by atoms with E-state index in [1.807, 2.05) is 30.6 Å². The normalized spacial score (nSPS) is 16.5. The molecule has 0 saturated heterocycles. The maximum Gasteiger partial charge on any atom is 0.169 e. The molecule has 0 aliphatic carbocycles. The van der Waals surface area contributed by atoms with Gasteiger partial charge in [-0.05, 0) is 11.6 Å². The molecule has 0 saturated carbocycles. The fraction of sp³-hybridized carbons (Fsp3) is 0.375. The summed E-state index contributed by atoms with van der Waals surface area (Å²) in [5.74, 6) is 1.68.